The zero-order valence-corrected chi connectivity index (χ0v) is 10.3. The first-order valence-corrected chi connectivity index (χ1v) is 6.08. The molecule has 2 N–H and O–H groups in total. The number of hydrogen-bond acceptors (Lipinski definition) is 7. The minimum Gasteiger partial charge on any atom is -0.398 e. The maximum absolute atomic E-state index is 10.8. The van der Waals surface area contributed by atoms with Crippen LogP contribution in [0.4, 0.5) is 11.4 Å². The summed E-state index contributed by atoms with van der Waals surface area (Å²) in [7, 11) is 0. The molecule has 0 atom stereocenters. The molecule has 0 radical (unpaired) electrons. The van der Waals surface area contributed by atoms with Crippen molar-refractivity contribution in [3.8, 4) is 10.6 Å². The van der Waals surface area contributed by atoms with Gasteiger partial charge in [0.2, 0.25) is 0 Å². The lowest BCUT2D eigenvalue weighted by Gasteiger charge is -2.01. The van der Waals surface area contributed by atoms with Gasteiger partial charge in [0.05, 0.1) is 4.92 Å². The molecular weight excluding hydrogens is 266 g/mol. The number of nitrogens with zero attached hydrogens (tertiary/aromatic N) is 4. The van der Waals surface area contributed by atoms with E-state index in [2.05, 4.69) is 15.0 Å². The molecule has 2 heterocycles. The molecule has 8 heteroatoms. The van der Waals surface area contributed by atoms with E-state index in [9.17, 15) is 10.1 Å². The second-order valence-corrected chi connectivity index (χ2v) is 4.71. The number of hydrogen-bond donors (Lipinski definition) is 1. The molecule has 0 aliphatic heterocycles. The SMILES string of the molecule is Nc1ccc([N+](=O)[O-])cc1-c1nc2nccnc2s1. The minimum absolute atomic E-state index is 0.0237. The second-order valence-electron chi connectivity index (χ2n) is 3.73. The van der Waals surface area contributed by atoms with E-state index in [0.717, 1.165) is 0 Å². The third kappa shape index (κ3) is 1.97. The van der Waals surface area contributed by atoms with E-state index in [0.29, 0.717) is 26.7 Å². The van der Waals surface area contributed by atoms with Gasteiger partial charge in [-0.1, -0.05) is 11.3 Å². The molecule has 0 aliphatic rings. The van der Waals surface area contributed by atoms with Crippen LogP contribution in [0.2, 0.25) is 0 Å². The van der Waals surface area contributed by atoms with Crippen molar-refractivity contribution in [2.24, 2.45) is 0 Å². The van der Waals surface area contributed by atoms with Crippen molar-refractivity contribution >= 4 is 33.2 Å². The molecule has 0 amide bonds. The first-order valence-electron chi connectivity index (χ1n) is 5.27. The summed E-state index contributed by atoms with van der Waals surface area (Å²) in [5.41, 5.74) is 7.29. The molecule has 7 nitrogen and oxygen atoms in total. The summed E-state index contributed by atoms with van der Waals surface area (Å²) in [5.74, 6) is 0. The van der Waals surface area contributed by atoms with Gasteiger partial charge in [-0.05, 0) is 6.07 Å². The first kappa shape index (κ1) is 11.5. The molecule has 0 bridgehead atoms. The Balaban J connectivity index is 2.20. The Labute approximate surface area is 110 Å². The number of rotatable bonds is 2. The Kier molecular flexibility index (Phi) is 2.57. The van der Waals surface area contributed by atoms with Crippen LogP contribution >= 0.6 is 11.3 Å². The van der Waals surface area contributed by atoms with Crippen LogP contribution in [0, 0.1) is 10.1 Å². The van der Waals surface area contributed by atoms with Crippen molar-refractivity contribution in [2.45, 2.75) is 0 Å². The Morgan fingerprint density at radius 2 is 2.05 bits per heavy atom. The van der Waals surface area contributed by atoms with Crippen LogP contribution in [0.3, 0.4) is 0 Å². The Morgan fingerprint density at radius 3 is 2.79 bits per heavy atom. The highest BCUT2D eigenvalue weighted by atomic mass is 32.1. The smallest absolute Gasteiger partial charge is 0.270 e. The fourth-order valence-electron chi connectivity index (χ4n) is 1.64. The van der Waals surface area contributed by atoms with Crippen LogP contribution < -0.4 is 5.73 Å². The number of nitro benzene ring substituents is 1. The molecule has 19 heavy (non-hydrogen) atoms. The number of thiazole rings is 1. The van der Waals surface area contributed by atoms with Crippen LogP contribution in [0.1, 0.15) is 0 Å². The average Bonchev–Trinajstić information content (AvgIpc) is 2.82. The summed E-state index contributed by atoms with van der Waals surface area (Å²) in [6.45, 7) is 0. The zero-order valence-electron chi connectivity index (χ0n) is 9.48. The fourth-order valence-corrected chi connectivity index (χ4v) is 2.54. The number of fused-ring (bicyclic) bond motifs is 1. The van der Waals surface area contributed by atoms with Gasteiger partial charge in [-0.15, -0.1) is 0 Å². The number of non-ortho nitro benzene ring substituents is 1. The fraction of sp³-hybridized carbons (Fsp3) is 0. The highest BCUT2D eigenvalue weighted by molar-refractivity contribution is 7.21. The number of nitrogen functional groups attached to an aromatic ring is 1. The van der Waals surface area contributed by atoms with E-state index in [1.807, 2.05) is 0 Å². The summed E-state index contributed by atoms with van der Waals surface area (Å²) in [6, 6.07) is 4.27. The normalized spacial score (nSPS) is 10.7. The highest BCUT2D eigenvalue weighted by Gasteiger charge is 2.14. The number of aromatic nitrogens is 3. The summed E-state index contributed by atoms with van der Waals surface area (Å²) >= 11 is 1.30. The van der Waals surface area contributed by atoms with Gasteiger partial charge >= 0.3 is 0 Å². The quantitative estimate of drug-likeness (QED) is 0.436. The Hall–Kier alpha value is -2.61. The third-order valence-corrected chi connectivity index (χ3v) is 3.51. The van der Waals surface area contributed by atoms with Gasteiger partial charge in [0, 0.05) is 35.8 Å². The number of benzene rings is 1. The number of nitro groups is 1. The highest BCUT2D eigenvalue weighted by Crippen LogP contribution is 2.33. The topological polar surface area (TPSA) is 108 Å². The van der Waals surface area contributed by atoms with Crippen molar-refractivity contribution in [1.82, 2.24) is 15.0 Å². The molecular formula is C11H7N5O2S. The van der Waals surface area contributed by atoms with Crippen molar-refractivity contribution in [3.63, 3.8) is 0 Å². The van der Waals surface area contributed by atoms with E-state index in [1.165, 1.54) is 29.5 Å². The number of nitrogens with two attached hydrogens (primary N) is 1. The lowest BCUT2D eigenvalue weighted by atomic mass is 10.1. The zero-order chi connectivity index (χ0) is 13.4. The molecule has 0 unspecified atom stereocenters. The lowest BCUT2D eigenvalue weighted by molar-refractivity contribution is -0.384. The van der Waals surface area contributed by atoms with Crippen molar-refractivity contribution in [3.05, 3.63) is 40.7 Å². The summed E-state index contributed by atoms with van der Waals surface area (Å²) in [5, 5.41) is 11.4. The van der Waals surface area contributed by atoms with E-state index in [4.69, 9.17) is 5.73 Å². The summed E-state index contributed by atoms with van der Waals surface area (Å²) in [6.07, 6.45) is 3.11. The van der Waals surface area contributed by atoms with Gasteiger partial charge in [0.15, 0.2) is 10.5 Å². The lowest BCUT2D eigenvalue weighted by Crippen LogP contribution is -1.93. The van der Waals surface area contributed by atoms with E-state index >= 15 is 0 Å². The van der Waals surface area contributed by atoms with Gasteiger partial charge < -0.3 is 5.73 Å². The molecule has 0 spiro atoms. The van der Waals surface area contributed by atoms with Gasteiger partial charge in [-0.3, -0.25) is 10.1 Å². The van der Waals surface area contributed by atoms with Crippen molar-refractivity contribution in [1.29, 1.82) is 0 Å². The minimum atomic E-state index is -0.466. The second kappa shape index (κ2) is 4.25. The van der Waals surface area contributed by atoms with E-state index < -0.39 is 4.92 Å². The van der Waals surface area contributed by atoms with Crippen LogP contribution in [-0.2, 0) is 0 Å². The molecule has 1 aromatic carbocycles. The molecule has 0 fully saturated rings. The Bertz CT molecular complexity index is 753. The standard InChI is InChI=1S/C11H7N5O2S/c12-8-2-1-6(16(17)18)5-7(8)10-15-9-11(19-10)14-4-3-13-9/h1-5H,12H2. The molecule has 0 saturated heterocycles. The predicted molar refractivity (Wildman–Crippen MR) is 71.7 cm³/mol. The molecule has 0 aliphatic carbocycles. The van der Waals surface area contributed by atoms with E-state index in [-0.39, 0.29) is 5.69 Å². The van der Waals surface area contributed by atoms with Crippen molar-refractivity contribution < 1.29 is 4.92 Å². The van der Waals surface area contributed by atoms with Crippen LogP contribution in [0.15, 0.2) is 30.6 Å². The van der Waals surface area contributed by atoms with Crippen molar-refractivity contribution in [2.75, 3.05) is 5.73 Å². The van der Waals surface area contributed by atoms with Gasteiger partial charge in [-0.25, -0.2) is 15.0 Å². The molecule has 0 saturated carbocycles. The van der Waals surface area contributed by atoms with Gasteiger partial charge in [0.1, 0.15) is 5.01 Å². The molecule has 3 aromatic rings. The monoisotopic (exact) mass is 273 g/mol. The Morgan fingerprint density at radius 1 is 1.26 bits per heavy atom. The maximum Gasteiger partial charge on any atom is 0.270 e. The number of anilines is 1. The van der Waals surface area contributed by atoms with Crippen LogP contribution in [0.5, 0.6) is 0 Å². The van der Waals surface area contributed by atoms with Gasteiger partial charge in [-0.2, -0.15) is 0 Å². The maximum atomic E-state index is 10.8. The first-order chi connectivity index (χ1) is 9.15. The predicted octanol–water partition coefficient (Wildman–Crippen LogP) is 2.24. The van der Waals surface area contributed by atoms with Crippen LogP contribution in [-0.4, -0.2) is 19.9 Å². The average molecular weight is 273 g/mol. The molecule has 94 valence electrons. The molecule has 2 aromatic heterocycles. The molecule has 3 rings (SSSR count). The van der Waals surface area contributed by atoms with Crippen LogP contribution in [0.25, 0.3) is 21.0 Å². The third-order valence-electron chi connectivity index (χ3n) is 2.53. The largest absolute Gasteiger partial charge is 0.398 e. The van der Waals surface area contributed by atoms with E-state index in [1.54, 1.807) is 12.4 Å². The summed E-state index contributed by atoms with van der Waals surface area (Å²) < 4.78 is 0. The van der Waals surface area contributed by atoms with Gasteiger partial charge in [0.25, 0.3) is 5.69 Å². The summed E-state index contributed by atoms with van der Waals surface area (Å²) in [4.78, 5) is 23.5.